The molecule has 0 unspecified atom stereocenters. The van der Waals surface area contributed by atoms with Gasteiger partial charge in [0.25, 0.3) is 0 Å². The van der Waals surface area contributed by atoms with Crippen molar-refractivity contribution in [3.8, 4) is 11.1 Å². The highest BCUT2D eigenvalue weighted by Crippen LogP contribution is 2.33. The van der Waals surface area contributed by atoms with E-state index in [2.05, 4.69) is 34.1 Å². The Morgan fingerprint density at radius 2 is 1.62 bits per heavy atom. The molecule has 0 radical (unpaired) electrons. The Kier molecular flexibility index (Phi) is 9.32. The van der Waals surface area contributed by atoms with Crippen LogP contribution < -0.4 is 0 Å². The number of piperidine rings is 1. The Morgan fingerprint density at radius 1 is 0.885 bits per heavy atom. The summed E-state index contributed by atoms with van der Waals surface area (Å²) in [6.07, 6.45) is 10.7. The van der Waals surface area contributed by atoms with E-state index in [0.717, 1.165) is 11.7 Å². The summed E-state index contributed by atoms with van der Waals surface area (Å²) in [5, 5.41) is 0. The van der Waals surface area contributed by atoms with Crippen LogP contribution in [-0.2, 0) is 0 Å². The van der Waals surface area contributed by atoms with Crippen molar-refractivity contribution in [2.75, 3.05) is 13.1 Å². The number of hydrogen-bond acceptors (Lipinski definition) is 3. The van der Waals surface area contributed by atoms with Gasteiger partial charge in [-0.25, -0.2) is 0 Å². The normalized spacial score (nSPS) is 18.0. The van der Waals surface area contributed by atoms with E-state index in [-0.39, 0.29) is 37.2 Å². The highest BCUT2D eigenvalue weighted by Gasteiger charge is 2.29. The lowest BCUT2D eigenvalue weighted by atomic mass is 9.86. The van der Waals surface area contributed by atoms with Gasteiger partial charge >= 0.3 is 0 Å². The van der Waals surface area contributed by atoms with E-state index < -0.39 is 0 Å². The number of pyridine rings is 2. The second kappa shape index (κ2) is 10.5. The smallest absolute Gasteiger partial charge is 0.0435 e. The van der Waals surface area contributed by atoms with Gasteiger partial charge in [0, 0.05) is 41.3 Å². The van der Waals surface area contributed by atoms with Gasteiger partial charge in [0.1, 0.15) is 0 Å². The largest absolute Gasteiger partial charge is 0.300 e. The van der Waals surface area contributed by atoms with Crippen LogP contribution in [0.1, 0.15) is 49.4 Å². The van der Waals surface area contributed by atoms with Crippen molar-refractivity contribution in [1.82, 2.24) is 14.9 Å². The first-order chi connectivity index (χ1) is 11.3. The number of halogens is 3. The summed E-state index contributed by atoms with van der Waals surface area (Å²) >= 11 is 0. The number of rotatable bonds is 3. The van der Waals surface area contributed by atoms with Crippen molar-refractivity contribution in [2.24, 2.45) is 0 Å². The van der Waals surface area contributed by atoms with Gasteiger partial charge < -0.3 is 4.90 Å². The maximum absolute atomic E-state index is 4.77. The third-order valence-electron chi connectivity index (χ3n) is 5.56. The van der Waals surface area contributed by atoms with Gasteiger partial charge in [-0.3, -0.25) is 9.97 Å². The van der Waals surface area contributed by atoms with Crippen molar-refractivity contribution in [3.05, 3.63) is 48.0 Å². The highest BCUT2D eigenvalue weighted by atomic mass is 35.5. The van der Waals surface area contributed by atoms with Crippen LogP contribution in [0.15, 0.2) is 36.7 Å². The van der Waals surface area contributed by atoms with E-state index in [1.165, 1.54) is 62.0 Å². The zero-order chi connectivity index (χ0) is 15.6. The molecule has 2 aromatic rings. The molecule has 0 atom stereocenters. The van der Waals surface area contributed by atoms with Gasteiger partial charge in [-0.15, -0.1) is 37.2 Å². The SMILES string of the molecule is Cc1cc(-c2ccc(C3CCN(C4CCC4)CC3)nc2)ccn1.Cl.Cl.Cl. The Bertz CT molecular complexity index is 666. The fraction of sp³-hybridized carbons (Fsp3) is 0.500. The molecular weight excluding hydrogens is 389 g/mol. The van der Waals surface area contributed by atoms with Crippen molar-refractivity contribution in [2.45, 2.75) is 51.0 Å². The average Bonchev–Trinajstić information content (AvgIpc) is 2.54. The molecule has 6 heteroatoms. The van der Waals surface area contributed by atoms with E-state index in [9.17, 15) is 0 Å². The van der Waals surface area contributed by atoms with Gasteiger partial charge in [0.2, 0.25) is 0 Å². The van der Waals surface area contributed by atoms with Crippen LogP contribution in [0.3, 0.4) is 0 Å². The molecule has 4 rings (SSSR count). The van der Waals surface area contributed by atoms with Crippen LogP contribution in [0.25, 0.3) is 11.1 Å². The standard InChI is InChI=1S/C20H25N3.3ClH/c1-15-13-17(7-10-21-15)18-5-6-20(22-14-18)16-8-11-23(12-9-16)19-3-2-4-19;;;/h5-7,10,13-14,16,19H,2-4,8-9,11-12H2,1H3;3*1H. The number of aryl methyl sites for hydroxylation is 1. The van der Waals surface area contributed by atoms with Crippen LogP contribution in [0, 0.1) is 6.92 Å². The summed E-state index contributed by atoms with van der Waals surface area (Å²) in [5.74, 6) is 0.638. The van der Waals surface area contributed by atoms with E-state index in [0.29, 0.717) is 5.92 Å². The molecule has 26 heavy (non-hydrogen) atoms. The van der Waals surface area contributed by atoms with Crippen LogP contribution in [0.5, 0.6) is 0 Å². The van der Waals surface area contributed by atoms with Crippen LogP contribution in [-0.4, -0.2) is 34.0 Å². The van der Waals surface area contributed by atoms with Crippen molar-refractivity contribution in [1.29, 1.82) is 0 Å². The first-order valence-electron chi connectivity index (χ1n) is 8.92. The second-order valence-corrected chi connectivity index (χ2v) is 7.05. The van der Waals surface area contributed by atoms with Gasteiger partial charge in [-0.2, -0.15) is 0 Å². The quantitative estimate of drug-likeness (QED) is 0.666. The summed E-state index contributed by atoms with van der Waals surface area (Å²) in [7, 11) is 0. The van der Waals surface area contributed by atoms with E-state index in [4.69, 9.17) is 4.98 Å². The number of aromatic nitrogens is 2. The number of hydrogen-bond donors (Lipinski definition) is 0. The summed E-state index contributed by atoms with van der Waals surface area (Å²) < 4.78 is 0. The van der Waals surface area contributed by atoms with E-state index in [1.807, 2.05) is 19.3 Å². The lowest BCUT2D eigenvalue weighted by Crippen LogP contribution is -2.44. The van der Waals surface area contributed by atoms with Gasteiger partial charge in [-0.05, 0) is 69.5 Å². The zero-order valence-electron chi connectivity index (χ0n) is 15.1. The Labute approximate surface area is 175 Å². The summed E-state index contributed by atoms with van der Waals surface area (Å²) in [6.45, 7) is 4.53. The lowest BCUT2D eigenvalue weighted by Gasteiger charge is -2.41. The molecule has 0 aromatic carbocycles. The predicted octanol–water partition coefficient (Wildman–Crippen LogP) is 5.45. The summed E-state index contributed by atoms with van der Waals surface area (Å²) in [6, 6.07) is 9.51. The fourth-order valence-electron chi connectivity index (χ4n) is 3.85. The molecule has 2 aromatic heterocycles. The Morgan fingerprint density at radius 3 is 2.15 bits per heavy atom. The van der Waals surface area contributed by atoms with Crippen LogP contribution in [0.4, 0.5) is 0 Å². The molecule has 3 nitrogen and oxygen atoms in total. The van der Waals surface area contributed by atoms with Gasteiger partial charge in [-0.1, -0.05) is 12.5 Å². The maximum Gasteiger partial charge on any atom is 0.0435 e. The molecule has 1 aliphatic heterocycles. The monoisotopic (exact) mass is 415 g/mol. The van der Waals surface area contributed by atoms with Gasteiger partial charge in [0.15, 0.2) is 0 Å². The molecule has 1 aliphatic carbocycles. The van der Waals surface area contributed by atoms with Crippen molar-refractivity contribution in [3.63, 3.8) is 0 Å². The zero-order valence-corrected chi connectivity index (χ0v) is 17.6. The topological polar surface area (TPSA) is 29.0 Å². The van der Waals surface area contributed by atoms with Crippen LogP contribution >= 0.6 is 37.2 Å². The average molecular weight is 417 g/mol. The highest BCUT2D eigenvalue weighted by molar-refractivity contribution is 5.86. The summed E-state index contributed by atoms with van der Waals surface area (Å²) in [5.41, 5.74) is 4.71. The Hall–Kier alpha value is -0.870. The molecule has 1 saturated heterocycles. The first-order valence-corrected chi connectivity index (χ1v) is 8.92. The first kappa shape index (κ1) is 23.2. The molecule has 0 N–H and O–H groups in total. The molecule has 2 fully saturated rings. The third-order valence-corrected chi connectivity index (χ3v) is 5.56. The Balaban J connectivity index is 0.00000113. The minimum Gasteiger partial charge on any atom is -0.300 e. The number of likely N-dealkylation sites (tertiary alicyclic amines) is 1. The van der Waals surface area contributed by atoms with Crippen LogP contribution in [0.2, 0.25) is 0 Å². The molecule has 0 bridgehead atoms. The van der Waals surface area contributed by atoms with Crippen molar-refractivity contribution < 1.29 is 0 Å². The molecular formula is C20H28Cl3N3. The second-order valence-electron chi connectivity index (χ2n) is 7.05. The third kappa shape index (κ3) is 5.10. The molecule has 144 valence electrons. The number of nitrogens with zero attached hydrogens (tertiary/aromatic N) is 3. The fourth-order valence-corrected chi connectivity index (χ4v) is 3.85. The molecule has 0 spiro atoms. The van der Waals surface area contributed by atoms with E-state index in [1.54, 1.807) is 0 Å². The lowest BCUT2D eigenvalue weighted by molar-refractivity contribution is 0.0970. The molecule has 0 amide bonds. The van der Waals surface area contributed by atoms with E-state index >= 15 is 0 Å². The summed E-state index contributed by atoms with van der Waals surface area (Å²) in [4.78, 5) is 11.7. The van der Waals surface area contributed by atoms with Crippen molar-refractivity contribution >= 4 is 37.2 Å². The molecule has 3 heterocycles. The maximum atomic E-state index is 4.77. The molecule has 2 aliphatic rings. The predicted molar refractivity (Wildman–Crippen MR) is 115 cm³/mol. The minimum absolute atomic E-state index is 0. The minimum atomic E-state index is 0. The van der Waals surface area contributed by atoms with Gasteiger partial charge in [0.05, 0.1) is 0 Å². The molecule has 1 saturated carbocycles.